The smallest absolute Gasteiger partial charge is 0.225 e. The van der Waals surface area contributed by atoms with Gasteiger partial charge in [-0.15, -0.1) is 5.10 Å². The van der Waals surface area contributed by atoms with Crippen LogP contribution in [0.3, 0.4) is 0 Å². The van der Waals surface area contributed by atoms with Gasteiger partial charge in [0.25, 0.3) is 0 Å². The number of rotatable bonds is 4. The Labute approximate surface area is 174 Å². The van der Waals surface area contributed by atoms with Crippen LogP contribution in [0.4, 0.5) is 0 Å². The van der Waals surface area contributed by atoms with E-state index in [2.05, 4.69) is 14.7 Å². The molecule has 0 aliphatic carbocycles. The normalized spacial score (nSPS) is 22.1. The zero-order valence-electron chi connectivity index (χ0n) is 16.6. The standard InChI is InChI=1S/C18H25N5O4S2/c1-12-10-15(27-20-12)17-16(19-21-28-17)14-4-3-7-22(11-14)18(24)13-5-8-23(9-6-13)29(2,25)26/h10,13-14H,3-9,11H2,1-2H3. The maximum atomic E-state index is 13.1. The molecule has 4 heterocycles. The van der Waals surface area contributed by atoms with Crippen molar-refractivity contribution in [3.8, 4) is 10.6 Å². The second-order valence-electron chi connectivity index (χ2n) is 7.88. The molecule has 11 heteroatoms. The van der Waals surface area contributed by atoms with Crippen molar-refractivity contribution in [1.29, 1.82) is 0 Å². The minimum Gasteiger partial charge on any atom is -0.355 e. The zero-order valence-corrected chi connectivity index (χ0v) is 18.2. The van der Waals surface area contributed by atoms with Gasteiger partial charge in [0.1, 0.15) is 4.88 Å². The predicted molar refractivity (Wildman–Crippen MR) is 108 cm³/mol. The van der Waals surface area contributed by atoms with E-state index in [0.717, 1.165) is 35.7 Å². The molecule has 2 aromatic rings. The van der Waals surface area contributed by atoms with Gasteiger partial charge >= 0.3 is 0 Å². The molecule has 2 fully saturated rings. The van der Waals surface area contributed by atoms with E-state index in [1.807, 2.05) is 17.9 Å². The molecule has 1 unspecified atom stereocenters. The summed E-state index contributed by atoms with van der Waals surface area (Å²) >= 11 is 1.29. The topological polar surface area (TPSA) is 110 Å². The van der Waals surface area contributed by atoms with Crippen LogP contribution in [0.15, 0.2) is 10.6 Å². The Bertz CT molecular complexity index is 978. The zero-order chi connectivity index (χ0) is 20.6. The number of piperidine rings is 2. The van der Waals surface area contributed by atoms with Gasteiger partial charge in [-0.25, -0.2) is 12.7 Å². The van der Waals surface area contributed by atoms with Gasteiger partial charge in [0, 0.05) is 44.1 Å². The van der Waals surface area contributed by atoms with Crippen LogP contribution < -0.4 is 0 Å². The molecule has 1 atom stereocenters. The van der Waals surface area contributed by atoms with Crippen LogP contribution in [0.2, 0.25) is 0 Å². The van der Waals surface area contributed by atoms with E-state index in [-0.39, 0.29) is 17.7 Å². The monoisotopic (exact) mass is 439 g/mol. The van der Waals surface area contributed by atoms with Crippen LogP contribution in [0.1, 0.15) is 43.0 Å². The van der Waals surface area contributed by atoms with Crippen molar-refractivity contribution >= 4 is 27.5 Å². The van der Waals surface area contributed by atoms with Crippen molar-refractivity contribution < 1.29 is 17.7 Å². The maximum absolute atomic E-state index is 13.1. The molecule has 0 N–H and O–H groups in total. The molecular weight excluding hydrogens is 414 g/mol. The van der Waals surface area contributed by atoms with Crippen LogP contribution in [-0.2, 0) is 14.8 Å². The molecule has 2 aromatic heterocycles. The molecule has 0 aromatic carbocycles. The van der Waals surface area contributed by atoms with Crippen molar-refractivity contribution in [3.63, 3.8) is 0 Å². The summed E-state index contributed by atoms with van der Waals surface area (Å²) in [5.74, 6) is 0.798. The van der Waals surface area contributed by atoms with Crippen molar-refractivity contribution in [2.75, 3.05) is 32.4 Å². The third kappa shape index (κ3) is 4.36. The third-order valence-electron chi connectivity index (χ3n) is 5.76. The lowest BCUT2D eigenvalue weighted by molar-refractivity contribution is -0.138. The summed E-state index contributed by atoms with van der Waals surface area (Å²) in [4.78, 5) is 15.9. The highest BCUT2D eigenvalue weighted by molar-refractivity contribution is 7.88. The van der Waals surface area contributed by atoms with Crippen molar-refractivity contribution in [3.05, 3.63) is 17.5 Å². The van der Waals surface area contributed by atoms with E-state index in [4.69, 9.17) is 4.52 Å². The third-order valence-corrected chi connectivity index (χ3v) is 7.82. The Morgan fingerprint density at radius 3 is 2.66 bits per heavy atom. The second kappa shape index (κ2) is 8.11. The van der Waals surface area contributed by atoms with Crippen LogP contribution >= 0.6 is 11.5 Å². The molecule has 0 saturated carbocycles. The molecule has 0 spiro atoms. The van der Waals surface area contributed by atoms with Gasteiger partial charge in [0.05, 0.1) is 17.6 Å². The van der Waals surface area contributed by atoms with Gasteiger partial charge in [-0.3, -0.25) is 4.79 Å². The molecule has 2 aliphatic heterocycles. The first kappa shape index (κ1) is 20.4. The van der Waals surface area contributed by atoms with Crippen molar-refractivity contribution in [2.24, 2.45) is 5.92 Å². The molecule has 158 valence electrons. The Kier molecular flexibility index (Phi) is 5.71. The van der Waals surface area contributed by atoms with Crippen molar-refractivity contribution in [2.45, 2.75) is 38.5 Å². The fourth-order valence-electron chi connectivity index (χ4n) is 4.20. The summed E-state index contributed by atoms with van der Waals surface area (Å²) in [6, 6.07) is 1.88. The SMILES string of the molecule is Cc1cc(-c2snnc2C2CCCN(C(=O)C3CCN(S(C)(=O)=O)CC3)C2)on1. The van der Waals surface area contributed by atoms with Gasteiger partial charge in [-0.1, -0.05) is 9.64 Å². The first-order valence-corrected chi connectivity index (χ1v) is 12.4. The van der Waals surface area contributed by atoms with Crippen LogP contribution in [0.5, 0.6) is 0 Å². The number of amides is 1. The Morgan fingerprint density at radius 1 is 1.24 bits per heavy atom. The minimum atomic E-state index is -3.19. The first-order chi connectivity index (χ1) is 13.8. The number of carbonyl (C=O) groups is 1. The number of nitrogens with zero attached hydrogens (tertiary/aromatic N) is 5. The van der Waals surface area contributed by atoms with Crippen LogP contribution in [-0.4, -0.2) is 70.7 Å². The highest BCUT2D eigenvalue weighted by Gasteiger charge is 2.35. The van der Waals surface area contributed by atoms with Gasteiger partial charge in [-0.2, -0.15) is 0 Å². The van der Waals surface area contributed by atoms with Gasteiger partial charge < -0.3 is 9.42 Å². The number of hydrogen-bond donors (Lipinski definition) is 0. The summed E-state index contributed by atoms with van der Waals surface area (Å²) in [5, 5.41) is 8.29. The van der Waals surface area contributed by atoms with E-state index in [9.17, 15) is 13.2 Å². The molecule has 9 nitrogen and oxygen atoms in total. The summed E-state index contributed by atoms with van der Waals surface area (Å²) in [7, 11) is -3.19. The predicted octanol–water partition coefficient (Wildman–Crippen LogP) is 1.88. The van der Waals surface area contributed by atoms with Gasteiger partial charge in [-0.05, 0) is 44.1 Å². The Hall–Kier alpha value is -1.85. The fraction of sp³-hybridized carbons (Fsp3) is 0.667. The van der Waals surface area contributed by atoms with E-state index in [1.165, 1.54) is 22.1 Å². The van der Waals surface area contributed by atoms with E-state index < -0.39 is 10.0 Å². The summed E-state index contributed by atoms with van der Waals surface area (Å²) in [5.41, 5.74) is 1.68. The van der Waals surface area contributed by atoms with E-state index >= 15 is 0 Å². The van der Waals surface area contributed by atoms with Gasteiger partial charge in [0.15, 0.2) is 5.76 Å². The highest BCUT2D eigenvalue weighted by Crippen LogP contribution is 2.36. The molecule has 4 rings (SSSR count). The summed E-state index contributed by atoms with van der Waals surface area (Å²) in [6.07, 6.45) is 4.23. The highest BCUT2D eigenvalue weighted by atomic mass is 32.2. The number of carbonyl (C=O) groups excluding carboxylic acids is 1. The number of likely N-dealkylation sites (tertiary alicyclic amines) is 1. The lowest BCUT2D eigenvalue weighted by atomic mass is 9.91. The molecule has 2 aliphatic rings. The molecule has 0 radical (unpaired) electrons. The average molecular weight is 440 g/mol. The quantitative estimate of drug-likeness (QED) is 0.715. The molecular formula is C18H25N5O4S2. The second-order valence-corrected chi connectivity index (χ2v) is 10.6. The number of sulfonamides is 1. The Morgan fingerprint density at radius 2 is 2.00 bits per heavy atom. The fourth-order valence-corrected chi connectivity index (χ4v) is 5.77. The Balaban J connectivity index is 1.43. The lowest BCUT2D eigenvalue weighted by Gasteiger charge is -2.37. The first-order valence-electron chi connectivity index (χ1n) is 9.83. The number of aryl methyl sites for hydroxylation is 1. The summed E-state index contributed by atoms with van der Waals surface area (Å²) < 4.78 is 34.4. The molecule has 2 saturated heterocycles. The largest absolute Gasteiger partial charge is 0.355 e. The van der Waals surface area contributed by atoms with E-state index in [1.54, 1.807) is 0 Å². The van der Waals surface area contributed by atoms with Crippen LogP contribution in [0.25, 0.3) is 10.6 Å². The maximum Gasteiger partial charge on any atom is 0.225 e. The average Bonchev–Trinajstić information content (AvgIpc) is 3.36. The van der Waals surface area contributed by atoms with E-state index in [0.29, 0.717) is 38.2 Å². The minimum absolute atomic E-state index is 0.114. The number of aromatic nitrogens is 3. The lowest BCUT2D eigenvalue weighted by Crippen LogP contribution is -2.46. The molecule has 1 amide bonds. The summed E-state index contributed by atoms with van der Waals surface area (Å²) in [6.45, 7) is 4.04. The van der Waals surface area contributed by atoms with Crippen molar-refractivity contribution in [1.82, 2.24) is 23.9 Å². The molecule has 0 bridgehead atoms. The molecule has 29 heavy (non-hydrogen) atoms. The van der Waals surface area contributed by atoms with Crippen LogP contribution in [0, 0.1) is 12.8 Å². The number of hydrogen-bond acceptors (Lipinski definition) is 8. The van der Waals surface area contributed by atoms with Gasteiger partial charge in [0.2, 0.25) is 15.9 Å².